The van der Waals surface area contributed by atoms with Gasteiger partial charge < -0.3 is 9.38 Å². The van der Waals surface area contributed by atoms with Gasteiger partial charge in [0.2, 0.25) is 0 Å². The Hall–Kier alpha value is -2.62. The Morgan fingerprint density at radius 1 is 1.06 bits per heavy atom. The van der Waals surface area contributed by atoms with E-state index in [1.54, 1.807) is 12.4 Å². The van der Waals surface area contributed by atoms with Crippen LogP contribution in [0.15, 0.2) is 55.2 Å². The molecule has 0 unspecified atom stereocenters. The summed E-state index contributed by atoms with van der Waals surface area (Å²) in [4.78, 5) is 11.7. The topological polar surface area (TPSA) is 46.0 Å². The molecule has 0 saturated heterocycles. The van der Waals surface area contributed by atoms with E-state index < -0.39 is 0 Å². The maximum absolute atomic E-state index is 4.30. The van der Waals surface area contributed by atoms with Crippen LogP contribution < -0.4 is 0 Å². The molecule has 0 amide bonds. The summed E-state index contributed by atoms with van der Waals surface area (Å²) >= 11 is 0. The van der Waals surface area contributed by atoms with Crippen LogP contribution in [0.4, 0.5) is 0 Å². The summed E-state index contributed by atoms with van der Waals surface area (Å²) in [5.74, 6) is 0. The largest absolute Gasteiger partial charge is 0.346 e. The van der Waals surface area contributed by atoms with Gasteiger partial charge in [0.25, 0.3) is 0 Å². The first-order chi connectivity index (χ1) is 8.92. The second kappa shape index (κ2) is 3.43. The molecular weight excluding hydrogens is 224 g/mol. The average molecular weight is 234 g/mol. The lowest BCUT2D eigenvalue weighted by atomic mass is 10.1. The zero-order valence-corrected chi connectivity index (χ0v) is 9.54. The highest BCUT2D eigenvalue weighted by molar-refractivity contribution is 5.93. The van der Waals surface area contributed by atoms with Crippen molar-refractivity contribution in [3.63, 3.8) is 0 Å². The average Bonchev–Trinajstić information content (AvgIpc) is 3.04. The van der Waals surface area contributed by atoms with Gasteiger partial charge in [0, 0.05) is 47.5 Å². The van der Waals surface area contributed by atoms with E-state index in [2.05, 4.69) is 33.3 Å². The molecule has 18 heavy (non-hydrogen) atoms. The van der Waals surface area contributed by atoms with Gasteiger partial charge >= 0.3 is 0 Å². The normalized spacial score (nSPS) is 11.3. The Bertz CT molecular complexity index is 841. The zero-order chi connectivity index (χ0) is 11.9. The monoisotopic (exact) mass is 234 g/mol. The van der Waals surface area contributed by atoms with E-state index in [4.69, 9.17) is 0 Å². The lowest BCUT2D eigenvalue weighted by Gasteiger charge is -2.00. The van der Waals surface area contributed by atoms with Crippen LogP contribution in [0, 0.1) is 0 Å². The van der Waals surface area contributed by atoms with Crippen molar-refractivity contribution < 1.29 is 0 Å². The molecule has 4 heterocycles. The fraction of sp³-hybridized carbons (Fsp3) is 0. The fourth-order valence-corrected chi connectivity index (χ4v) is 2.27. The van der Waals surface area contributed by atoms with Gasteiger partial charge in [-0.2, -0.15) is 0 Å². The van der Waals surface area contributed by atoms with Crippen LogP contribution >= 0.6 is 0 Å². The van der Waals surface area contributed by atoms with Gasteiger partial charge in [-0.3, -0.25) is 0 Å². The minimum Gasteiger partial charge on any atom is -0.346 e. The summed E-state index contributed by atoms with van der Waals surface area (Å²) < 4.78 is 2.02. The second-order valence-corrected chi connectivity index (χ2v) is 4.21. The maximum atomic E-state index is 4.30. The first-order valence-electron chi connectivity index (χ1n) is 5.77. The second-order valence-electron chi connectivity index (χ2n) is 4.21. The molecule has 4 nitrogen and oxygen atoms in total. The Kier molecular flexibility index (Phi) is 1.80. The Morgan fingerprint density at radius 2 is 2.06 bits per heavy atom. The van der Waals surface area contributed by atoms with E-state index in [-0.39, 0.29) is 0 Å². The van der Waals surface area contributed by atoms with Crippen molar-refractivity contribution in [2.24, 2.45) is 0 Å². The molecule has 0 atom stereocenters. The van der Waals surface area contributed by atoms with Crippen molar-refractivity contribution in [1.82, 2.24) is 19.4 Å². The highest BCUT2D eigenvalue weighted by Gasteiger charge is 2.06. The minimum absolute atomic E-state index is 0.915. The summed E-state index contributed by atoms with van der Waals surface area (Å²) in [6.07, 6.45) is 9.62. The standard InChI is InChI=1S/C14H10N4/c1-2-11-12(8-17-14(11)16-5-1)10-3-4-13-15-6-7-18(13)9-10/h1-9H,(H,16,17). The number of fused-ring (bicyclic) bond motifs is 2. The Balaban J connectivity index is 2.00. The van der Waals surface area contributed by atoms with Gasteiger partial charge in [0.15, 0.2) is 0 Å². The number of nitrogens with one attached hydrogen (secondary N) is 1. The van der Waals surface area contributed by atoms with Gasteiger partial charge in [-0.05, 0) is 24.3 Å². The van der Waals surface area contributed by atoms with E-state index >= 15 is 0 Å². The number of H-pyrrole nitrogens is 1. The van der Waals surface area contributed by atoms with Crippen LogP contribution in [-0.4, -0.2) is 19.4 Å². The zero-order valence-electron chi connectivity index (χ0n) is 9.54. The summed E-state index contributed by atoms with van der Waals surface area (Å²) in [7, 11) is 0. The fourth-order valence-electron chi connectivity index (χ4n) is 2.27. The molecule has 0 aliphatic heterocycles. The van der Waals surface area contributed by atoms with E-state index in [9.17, 15) is 0 Å². The molecule has 4 aromatic heterocycles. The van der Waals surface area contributed by atoms with Crippen molar-refractivity contribution in [1.29, 1.82) is 0 Å². The third-order valence-electron chi connectivity index (χ3n) is 3.15. The molecule has 4 heteroatoms. The van der Waals surface area contributed by atoms with Gasteiger partial charge in [-0.1, -0.05) is 0 Å². The first kappa shape index (κ1) is 9.41. The number of rotatable bonds is 1. The molecule has 0 aliphatic carbocycles. The quantitative estimate of drug-likeness (QED) is 0.550. The third-order valence-corrected chi connectivity index (χ3v) is 3.15. The van der Waals surface area contributed by atoms with Gasteiger partial charge in [0.05, 0.1) is 0 Å². The number of imidazole rings is 1. The van der Waals surface area contributed by atoms with Crippen LogP contribution in [0.25, 0.3) is 27.8 Å². The van der Waals surface area contributed by atoms with Crippen molar-refractivity contribution >= 4 is 16.7 Å². The molecule has 0 fully saturated rings. The third kappa shape index (κ3) is 1.26. The van der Waals surface area contributed by atoms with Crippen LogP contribution in [0.3, 0.4) is 0 Å². The number of hydrogen-bond acceptors (Lipinski definition) is 2. The summed E-state index contributed by atoms with van der Waals surface area (Å²) in [5.41, 5.74) is 4.18. The Morgan fingerprint density at radius 3 is 3.06 bits per heavy atom. The van der Waals surface area contributed by atoms with Crippen LogP contribution in [0.2, 0.25) is 0 Å². The van der Waals surface area contributed by atoms with Crippen LogP contribution in [0.5, 0.6) is 0 Å². The maximum Gasteiger partial charge on any atom is 0.137 e. The number of hydrogen-bond donors (Lipinski definition) is 1. The van der Waals surface area contributed by atoms with E-state index in [0.717, 1.165) is 27.8 Å². The summed E-state index contributed by atoms with van der Waals surface area (Å²) in [5, 5.41) is 1.14. The molecule has 4 aromatic rings. The predicted molar refractivity (Wildman–Crippen MR) is 70.3 cm³/mol. The van der Waals surface area contributed by atoms with Crippen molar-refractivity contribution in [2.45, 2.75) is 0 Å². The van der Waals surface area contributed by atoms with Gasteiger partial charge in [0.1, 0.15) is 11.3 Å². The molecule has 0 saturated carbocycles. The molecule has 4 rings (SSSR count). The van der Waals surface area contributed by atoms with Crippen molar-refractivity contribution in [2.75, 3.05) is 0 Å². The van der Waals surface area contributed by atoms with E-state index in [1.165, 1.54) is 0 Å². The molecule has 0 radical (unpaired) electrons. The minimum atomic E-state index is 0.915. The lowest BCUT2D eigenvalue weighted by Crippen LogP contribution is -1.84. The van der Waals surface area contributed by atoms with Gasteiger partial charge in [-0.25, -0.2) is 9.97 Å². The van der Waals surface area contributed by atoms with Crippen molar-refractivity contribution in [3.05, 3.63) is 55.2 Å². The van der Waals surface area contributed by atoms with Crippen LogP contribution in [0.1, 0.15) is 0 Å². The highest BCUT2D eigenvalue weighted by atomic mass is 15.0. The number of aromatic amines is 1. The smallest absolute Gasteiger partial charge is 0.137 e. The van der Waals surface area contributed by atoms with Gasteiger partial charge in [-0.15, -0.1) is 0 Å². The number of aromatic nitrogens is 4. The molecule has 0 spiro atoms. The molecular formula is C14H10N4. The molecule has 0 aromatic carbocycles. The van der Waals surface area contributed by atoms with Crippen molar-refractivity contribution in [3.8, 4) is 11.1 Å². The Labute approximate surface area is 103 Å². The molecule has 0 aliphatic rings. The molecule has 1 N–H and O–H groups in total. The molecule has 86 valence electrons. The van der Waals surface area contributed by atoms with E-state index in [1.807, 2.05) is 28.9 Å². The number of nitrogens with zero attached hydrogens (tertiary/aromatic N) is 3. The van der Waals surface area contributed by atoms with Crippen LogP contribution in [-0.2, 0) is 0 Å². The summed E-state index contributed by atoms with van der Waals surface area (Å²) in [6.45, 7) is 0. The van der Waals surface area contributed by atoms with E-state index in [0.29, 0.717) is 0 Å². The SMILES string of the molecule is c1cnc2[nH]cc(-c3ccc4nccn4c3)c2c1. The highest BCUT2D eigenvalue weighted by Crippen LogP contribution is 2.27. The summed E-state index contributed by atoms with van der Waals surface area (Å²) in [6, 6.07) is 8.13. The molecule has 0 bridgehead atoms. The first-order valence-corrected chi connectivity index (χ1v) is 5.77. The lowest BCUT2D eigenvalue weighted by molar-refractivity contribution is 1.19. The predicted octanol–water partition coefficient (Wildman–Crippen LogP) is 2.88. The number of pyridine rings is 2.